The smallest absolute Gasteiger partial charge is 0.244 e. The zero-order valence-electron chi connectivity index (χ0n) is 12.5. The molecule has 0 aliphatic heterocycles. The van der Waals surface area contributed by atoms with Gasteiger partial charge in [-0.3, -0.25) is 0 Å². The first-order valence-corrected chi connectivity index (χ1v) is 7.30. The number of aromatic nitrogens is 4. The van der Waals surface area contributed by atoms with Gasteiger partial charge in [-0.1, -0.05) is 13.8 Å². The number of imidazole rings is 1. The van der Waals surface area contributed by atoms with Crippen LogP contribution in [0, 0.1) is 0 Å². The molecule has 1 N–H and O–H groups in total. The minimum atomic E-state index is -0.595. The highest BCUT2D eigenvalue weighted by atomic mass is 35.5. The van der Waals surface area contributed by atoms with Crippen LogP contribution < -0.4 is 4.74 Å². The maximum atomic E-state index is 10.0. The van der Waals surface area contributed by atoms with Crippen molar-refractivity contribution in [3.05, 3.63) is 11.6 Å². The molecule has 21 heavy (non-hydrogen) atoms. The summed E-state index contributed by atoms with van der Waals surface area (Å²) in [7, 11) is 1.83. The Morgan fingerprint density at radius 2 is 2.10 bits per heavy atom. The molecule has 1 atom stereocenters. The Bertz CT molecular complexity index is 600. The average molecular weight is 314 g/mol. The summed E-state index contributed by atoms with van der Waals surface area (Å²) in [5, 5.41) is 10.1. The highest BCUT2D eigenvalue weighted by Gasteiger charge is 2.15. The van der Waals surface area contributed by atoms with Crippen LogP contribution in [0.1, 0.15) is 13.8 Å². The molecule has 0 fully saturated rings. The van der Waals surface area contributed by atoms with E-state index in [1.54, 1.807) is 10.9 Å². The predicted molar refractivity (Wildman–Crippen MR) is 80.6 cm³/mol. The fourth-order valence-corrected chi connectivity index (χ4v) is 2.26. The van der Waals surface area contributed by atoms with Crippen molar-refractivity contribution in [1.29, 1.82) is 0 Å². The number of aliphatic hydroxyl groups is 1. The van der Waals surface area contributed by atoms with E-state index in [9.17, 15) is 5.11 Å². The van der Waals surface area contributed by atoms with Crippen molar-refractivity contribution in [2.24, 2.45) is 7.05 Å². The molecular formula is C13H20ClN5O2. The van der Waals surface area contributed by atoms with Crippen LogP contribution in [0.3, 0.4) is 0 Å². The van der Waals surface area contributed by atoms with E-state index in [0.717, 1.165) is 13.1 Å². The maximum absolute atomic E-state index is 10.0. The Labute approximate surface area is 128 Å². The number of ether oxygens (including phenoxy) is 1. The van der Waals surface area contributed by atoms with Crippen molar-refractivity contribution < 1.29 is 9.84 Å². The Morgan fingerprint density at radius 3 is 2.76 bits per heavy atom. The second-order valence-electron chi connectivity index (χ2n) is 4.78. The van der Waals surface area contributed by atoms with Crippen molar-refractivity contribution >= 4 is 22.8 Å². The van der Waals surface area contributed by atoms with Gasteiger partial charge in [0.05, 0.1) is 6.33 Å². The highest BCUT2D eigenvalue weighted by molar-refractivity contribution is 6.28. The van der Waals surface area contributed by atoms with Gasteiger partial charge in [-0.2, -0.15) is 9.97 Å². The summed E-state index contributed by atoms with van der Waals surface area (Å²) in [6.45, 7) is 6.59. The van der Waals surface area contributed by atoms with Crippen LogP contribution in [0.4, 0.5) is 0 Å². The predicted octanol–water partition coefficient (Wildman–Crippen LogP) is 1.10. The quantitative estimate of drug-likeness (QED) is 0.771. The molecule has 0 aliphatic rings. The van der Waals surface area contributed by atoms with Crippen molar-refractivity contribution in [2.75, 3.05) is 26.2 Å². The van der Waals surface area contributed by atoms with Gasteiger partial charge >= 0.3 is 0 Å². The van der Waals surface area contributed by atoms with E-state index in [0.29, 0.717) is 23.6 Å². The monoisotopic (exact) mass is 313 g/mol. The van der Waals surface area contributed by atoms with Crippen molar-refractivity contribution in [3.8, 4) is 5.88 Å². The molecule has 7 nitrogen and oxygen atoms in total. The first-order valence-electron chi connectivity index (χ1n) is 6.92. The van der Waals surface area contributed by atoms with Gasteiger partial charge in [0.2, 0.25) is 11.2 Å². The molecule has 2 aromatic rings. The second-order valence-corrected chi connectivity index (χ2v) is 5.11. The van der Waals surface area contributed by atoms with Gasteiger partial charge in [0.25, 0.3) is 0 Å². The van der Waals surface area contributed by atoms with E-state index in [1.165, 1.54) is 0 Å². The molecular weight excluding hydrogens is 294 g/mol. The molecule has 2 rings (SSSR count). The van der Waals surface area contributed by atoms with Crippen LogP contribution in [0.25, 0.3) is 11.2 Å². The Morgan fingerprint density at radius 1 is 1.38 bits per heavy atom. The lowest BCUT2D eigenvalue weighted by Gasteiger charge is -2.21. The molecule has 0 saturated carbocycles. The van der Waals surface area contributed by atoms with Crippen LogP contribution in [0.15, 0.2) is 6.33 Å². The lowest BCUT2D eigenvalue weighted by atomic mass is 10.3. The molecule has 2 aromatic heterocycles. The fourth-order valence-electron chi connectivity index (χ4n) is 2.10. The second kappa shape index (κ2) is 7.02. The van der Waals surface area contributed by atoms with E-state index >= 15 is 0 Å². The third-order valence-corrected chi connectivity index (χ3v) is 3.46. The molecule has 0 saturated heterocycles. The van der Waals surface area contributed by atoms with Crippen molar-refractivity contribution in [1.82, 2.24) is 24.4 Å². The van der Waals surface area contributed by atoms with Gasteiger partial charge in [-0.25, -0.2) is 4.98 Å². The lowest BCUT2D eigenvalue weighted by molar-refractivity contribution is 0.0704. The molecule has 0 aliphatic carbocycles. The van der Waals surface area contributed by atoms with Gasteiger partial charge in [-0.05, 0) is 24.7 Å². The number of aliphatic hydroxyl groups excluding tert-OH is 1. The average Bonchev–Trinajstić information content (AvgIpc) is 2.83. The third-order valence-electron chi connectivity index (χ3n) is 3.29. The molecule has 2 heterocycles. The van der Waals surface area contributed by atoms with Crippen LogP contribution in [-0.2, 0) is 7.05 Å². The SMILES string of the molecule is CCN(CC)CC(O)COc1nc(Cl)nc2ncn(C)c12. The fraction of sp³-hybridized carbons (Fsp3) is 0.615. The normalized spacial score (nSPS) is 13.0. The summed E-state index contributed by atoms with van der Waals surface area (Å²) in [4.78, 5) is 14.3. The summed E-state index contributed by atoms with van der Waals surface area (Å²) >= 11 is 5.86. The van der Waals surface area contributed by atoms with E-state index in [1.807, 2.05) is 7.05 Å². The molecule has 1 unspecified atom stereocenters. The Kier molecular flexibility index (Phi) is 5.33. The minimum absolute atomic E-state index is 0.0782. The van der Waals surface area contributed by atoms with Crippen LogP contribution in [0.2, 0.25) is 5.28 Å². The summed E-state index contributed by atoms with van der Waals surface area (Å²) < 4.78 is 7.38. The third kappa shape index (κ3) is 3.81. The molecule has 0 aromatic carbocycles. The molecule has 0 amide bonds. The molecule has 8 heteroatoms. The topological polar surface area (TPSA) is 76.3 Å². The largest absolute Gasteiger partial charge is 0.473 e. The van der Waals surface area contributed by atoms with E-state index in [2.05, 4.69) is 33.7 Å². The van der Waals surface area contributed by atoms with Crippen LogP contribution >= 0.6 is 11.6 Å². The van der Waals surface area contributed by atoms with Gasteiger partial charge in [0, 0.05) is 13.6 Å². The van der Waals surface area contributed by atoms with E-state index in [-0.39, 0.29) is 11.9 Å². The number of aryl methyl sites for hydroxylation is 1. The Balaban J connectivity index is 2.08. The van der Waals surface area contributed by atoms with Gasteiger partial charge in [0.1, 0.15) is 12.7 Å². The van der Waals surface area contributed by atoms with Gasteiger partial charge < -0.3 is 19.3 Å². The summed E-state index contributed by atoms with van der Waals surface area (Å²) in [5.41, 5.74) is 1.14. The van der Waals surface area contributed by atoms with Crippen LogP contribution in [0.5, 0.6) is 5.88 Å². The molecule has 116 valence electrons. The highest BCUT2D eigenvalue weighted by Crippen LogP contribution is 2.22. The summed E-state index contributed by atoms with van der Waals surface area (Å²) in [6.07, 6.45) is 1.02. The van der Waals surface area contributed by atoms with Gasteiger partial charge in [-0.15, -0.1) is 0 Å². The van der Waals surface area contributed by atoms with Crippen molar-refractivity contribution in [3.63, 3.8) is 0 Å². The van der Waals surface area contributed by atoms with Gasteiger partial charge in [0.15, 0.2) is 11.2 Å². The summed E-state index contributed by atoms with van der Waals surface area (Å²) in [5.74, 6) is 0.337. The number of hydrogen-bond acceptors (Lipinski definition) is 6. The summed E-state index contributed by atoms with van der Waals surface area (Å²) in [6, 6.07) is 0. The number of hydrogen-bond donors (Lipinski definition) is 1. The number of rotatable bonds is 7. The molecule has 0 radical (unpaired) electrons. The number of fused-ring (bicyclic) bond motifs is 1. The first-order chi connectivity index (χ1) is 10.0. The number of likely N-dealkylation sites (N-methyl/N-ethyl adjacent to an activating group) is 1. The number of halogens is 1. The zero-order valence-corrected chi connectivity index (χ0v) is 13.2. The van der Waals surface area contributed by atoms with Crippen LogP contribution in [-0.4, -0.2) is 61.9 Å². The Hall–Kier alpha value is -1.44. The molecule has 0 spiro atoms. The number of nitrogens with zero attached hydrogens (tertiary/aromatic N) is 5. The van der Waals surface area contributed by atoms with Crippen molar-refractivity contribution in [2.45, 2.75) is 20.0 Å². The molecule has 0 bridgehead atoms. The van der Waals surface area contributed by atoms with E-state index in [4.69, 9.17) is 16.3 Å². The zero-order chi connectivity index (χ0) is 15.4. The maximum Gasteiger partial charge on any atom is 0.244 e. The standard InChI is InChI=1S/C13H20ClN5O2/c1-4-19(5-2)6-9(20)7-21-12-10-11(15-8-18(10)3)16-13(14)17-12/h8-9,20H,4-7H2,1-3H3. The first kappa shape index (κ1) is 15.9. The minimum Gasteiger partial charge on any atom is -0.473 e. The lowest BCUT2D eigenvalue weighted by Crippen LogP contribution is -2.35. The van der Waals surface area contributed by atoms with E-state index < -0.39 is 6.10 Å².